The zero-order chi connectivity index (χ0) is 14.1. The molecule has 106 valence electrons. The van der Waals surface area contributed by atoms with E-state index in [4.69, 9.17) is 9.47 Å². The van der Waals surface area contributed by atoms with Crippen LogP contribution in [0.2, 0.25) is 0 Å². The SMILES string of the molecule is CC1(C)OC[C@@](C)(CCS(=O)(=O)c2ccccc2)O1. The number of hydrogen-bond donors (Lipinski definition) is 0. The van der Waals surface area contributed by atoms with Crippen LogP contribution in [0.3, 0.4) is 0 Å². The van der Waals surface area contributed by atoms with Crippen molar-refractivity contribution in [3.8, 4) is 0 Å². The Labute approximate surface area is 114 Å². The maximum Gasteiger partial charge on any atom is 0.178 e. The summed E-state index contributed by atoms with van der Waals surface area (Å²) in [5.41, 5.74) is -0.536. The lowest BCUT2D eigenvalue weighted by Gasteiger charge is -2.24. The van der Waals surface area contributed by atoms with Crippen molar-refractivity contribution in [3.05, 3.63) is 30.3 Å². The largest absolute Gasteiger partial charge is 0.348 e. The van der Waals surface area contributed by atoms with Crippen molar-refractivity contribution in [2.75, 3.05) is 12.4 Å². The summed E-state index contributed by atoms with van der Waals surface area (Å²) in [6, 6.07) is 8.50. The highest BCUT2D eigenvalue weighted by molar-refractivity contribution is 7.91. The van der Waals surface area contributed by atoms with E-state index in [-0.39, 0.29) is 5.75 Å². The normalized spacial score (nSPS) is 26.5. The van der Waals surface area contributed by atoms with Gasteiger partial charge >= 0.3 is 0 Å². The molecule has 0 radical (unpaired) electrons. The minimum Gasteiger partial charge on any atom is -0.348 e. The maximum atomic E-state index is 12.2. The number of ether oxygens (including phenoxy) is 2. The van der Waals surface area contributed by atoms with Crippen molar-refractivity contribution in [3.63, 3.8) is 0 Å². The average molecular weight is 284 g/mol. The van der Waals surface area contributed by atoms with Gasteiger partial charge in [0.25, 0.3) is 0 Å². The van der Waals surface area contributed by atoms with Crippen LogP contribution in [0, 0.1) is 0 Å². The standard InChI is InChI=1S/C14H20O4S/c1-13(2)17-11-14(3,18-13)9-10-19(15,16)12-7-5-4-6-8-12/h4-8H,9-11H2,1-3H3/t14-/m1/s1. The predicted molar refractivity (Wildman–Crippen MR) is 72.6 cm³/mol. The third-order valence-electron chi connectivity index (χ3n) is 3.22. The van der Waals surface area contributed by atoms with Gasteiger partial charge in [-0.05, 0) is 39.3 Å². The third kappa shape index (κ3) is 3.55. The molecule has 0 aliphatic carbocycles. The zero-order valence-corrected chi connectivity index (χ0v) is 12.4. The molecule has 0 N–H and O–H groups in total. The molecule has 0 spiro atoms. The monoisotopic (exact) mass is 284 g/mol. The number of sulfone groups is 1. The summed E-state index contributed by atoms with van der Waals surface area (Å²) in [5, 5.41) is 0. The van der Waals surface area contributed by atoms with Gasteiger partial charge in [-0.25, -0.2) is 8.42 Å². The van der Waals surface area contributed by atoms with E-state index in [2.05, 4.69) is 0 Å². The lowest BCUT2D eigenvalue weighted by molar-refractivity contribution is -0.157. The molecule has 1 saturated heterocycles. The first-order chi connectivity index (χ1) is 8.73. The van der Waals surface area contributed by atoms with Crippen LogP contribution in [-0.4, -0.2) is 32.2 Å². The second kappa shape index (κ2) is 4.89. The highest BCUT2D eigenvalue weighted by Gasteiger charge is 2.42. The first-order valence-corrected chi connectivity index (χ1v) is 8.00. The van der Waals surface area contributed by atoms with Crippen molar-refractivity contribution in [1.29, 1.82) is 0 Å². The molecule has 1 aliphatic heterocycles. The van der Waals surface area contributed by atoms with Crippen LogP contribution in [0.15, 0.2) is 35.2 Å². The molecule has 1 aromatic carbocycles. The van der Waals surface area contributed by atoms with E-state index in [1.165, 1.54) is 0 Å². The molecular formula is C14H20O4S. The Bertz CT molecular complexity index is 536. The molecule has 0 saturated carbocycles. The Hall–Kier alpha value is -0.910. The summed E-state index contributed by atoms with van der Waals surface area (Å²) in [5.74, 6) is -0.571. The Morgan fingerprint density at radius 1 is 1.16 bits per heavy atom. The van der Waals surface area contributed by atoms with Gasteiger partial charge in [0, 0.05) is 0 Å². The lowest BCUT2D eigenvalue weighted by Crippen LogP contribution is -2.33. The van der Waals surface area contributed by atoms with Crippen molar-refractivity contribution in [2.24, 2.45) is 0 Å². The second-order valence-electron chi connectivity index (χ2n) is 5.62. The summed E-state index contributed by atoms with van der Waals surface area (Å²) in [6.07, 6.45) is 0.424. The molecule has 1 aromatic rings. The quantitative estimate of drug-likeness (QED) is 0.852. The fraction of sp³-hybridized carbons (Fsp3) is 0.571. The number of rotatable bonds is 4. The van der Waals surface area contributed by atoms with Crippen molar-refractivity contribution < 1.29 is 17.9 Å². The molecule has 1 heterocycles. The van der Waals surface area contributed by atoms with Gasteiger partial charge in [-0.2, -0.15) is 0 Å². The van der Waals surface area contributed by atoms with E-state index >= 15 is 0 Å². The Morgan fingerprint density at radius 3 is 2.32 bits per heavy atom. The Morgan fingerprint density at radius 2 is 1.79 bits per heavy atom. The summed E-state index contributed by atoms with van der Waals surface area (Å²) in [6.45, 7) is 5.99. The molecule has 0 bridgehead atoms. The van der Waals surface area contributed by atoms with Crippen LogP contribution in [0.25, 0.3) is 0 Å². The minimum absolute atomic E-state index is 0.0625. The highest BCUT2D eigenvalue weighted by Crippen LogP contribution is 2.33. The molecule has 0 amide bonds. The van der Waals surface area contributed by atoms with Crippen LogP contribution < -0.4 is 0 Å². The van der Waals surface area contributed by atoms with E-state index in [0.29, 0.717) is 17.9 Å². The first-order valence-electron chi connectivity index (χ1n) is 6.34. The van der Waals surface area contributed by atoms with Gasteiger partial charge in [0.05, 0.1) is 22.9 Å². The summed E-state index contributed by atoms with van der Waals surface area (Å²) >= 11 is 0. The van der Waals surface area contributed by atoms with E-state index in [9.17, 15) is 8.42 Å². The summed E-state index contributed by atoms with van der Waals surface area (Å²) in [7, 11) is -3.26. The van der Waals surface area contributed by atoms with E-state index < -0.39 is 21.2 Å². The fourth-order valence-electron chi connectivity index (χ4n) is 2.20. The van der Waals surface area contributed by atoms with Crippen LogP contribution in [-0.2, 0) is 19.3 Å². The molecule has 19 heavy (non-hydrogen) atoms. The molecule has 4 nitrogen and oxygen atoms in total. The van der Waals surface area contributed by atoms with Gasteiger partial charge in [-0.15, -0.1) is 0 Å². The topological polar surface area (TPSA) is 52.6 Å². The second-order valence-corrected chi connectivity index (χ2v) is 7.73. The fourth-order valence-corrected chi connectivity index (χ4v) is 3.71. The van der Waals surface area contributed by atoms with Crippen molar-refractivity contribution >= 4 is 9.84 Å². The van der Waals surface area contributed by atoms with E-state index in [1.807, 2.05) is 20.8 Å². The third-order valence-corrected chi connectivity index (χ3v) is 4.95. The summed E-state index contributed by atoms with van der Waals surface area (Å²) in [4.78, 5) is 0.358. The predicted octanol–water partition coefficient (Wildman–Crippen LogP) is 2.39. The molecule has 0 aromatic heterocycles. The van der Waals surface area contributed by atoms with Crippen LogP contribution in [0.4, 0.5) is 0 Å². The summed E-state index contributed by atoms with van der Waals surface area (Å²) < 4.78 is 35.7. The average Bonchev–Trinajstić information content (AvgIpc) is 2.63. The van der Waals surface area contributed by atoms with Crippen LogP contribution >= 0.6 is 0 Å². The first kappa shape index (κ1) is 14.5. The number of benzene rings is 1. The molecule has 1 atom stereocenters. The Balaban J connectivity index is 2.04. The van der Waals surface area contributed by atoms with Crippen molar-refractivity contribution in [2.45, 2.75) is 43.5 Å². The van der Waals surface area contributed by atoms with Gasteiger partial charge in [0.15, 0.2) is 15.6 Å². The molecule has 1 aliphatic rings. The van der Waals surface area contributed by atoms with Gasteiger partial charge < -0.3 is 9.47 Å². The van der Waals surface area contributed by atoms with Gasteiger partial charge in [-0.1, -0.05) is 18.2 Å². The van der Waals surface area contributed by atoms with Crippen molar-refractivity contribution in [1.82, 2.24) is 0 Å². The zero-order valence-electron chi connectivity index (χ0n) is 11.5. The molecule has 5 heteroatoms. The number of hydrogen-bond acceptors (Lipinski definition) is 4. The van der Waals surface area contributed by atoms with Gasteiger partial charge in [-0.3, -0.25) is 0 Å². The lowest BCUT2D eigenvalue weighted by atomic mass is 10.1. The smallest absolute Gasteiger partial charge is 0.178 e. The Kier molecular flexibility index (Phi) is 3.73. The van der Waals surface area contributed by atoms with Gasteiger partial charge in [0.2, 0.25) is 0 Å². The maximum absolute atomic E-state index is 12.2. The molecule has 2 rings (SSSR count). The minimum atomic E-state index is -3.26. The van der Waals surface area contributed by atoms with Gasteiger partial charge in [0.1, 0.15) is 0 Å². The highest BCUT2D eigenvalue weighted by atomic mass is 32.2. The van der Waals surface area contributed by atoms with E-state index in [0.717, 1.165) is 0 Å². The van der Waals surface area contributed by atoms with Crippen LogP contribution in [0.5, 0.6) is 0 Å². The molecule has 0 unspecified atom stereocenters. The van der Waals surface area contributed by atoms with E-state index in [1.54, 1.807) is 30.3 Å². The molecule has 1 fully saturated rings. The van der Waals surface area contributed by atoms with Crippen LogP contribution in [0.1, 0.15) is 27.2 Å². The molecular weight excluding hydrogens is 264 g/mol.